The van der Waals surface area contributed by atoms with Crippen LogP contribution in [-0.2, 0) is 9.59 Å². The van der Waals surface area contributed by atoms with Gasteiger partial charge >= 0.3 is 0 Å². The monoisotopic (exact) mass is 186 g/mol. The predicted octanol–water partition coefficient (Wildman–Crippen LogP) is 0.510. The Morgan fingerprint density at radius 1 is 1.31 bits per heavy atom. The van der Waals surface area contributed by atoms with E-state index in [0.717, 1.165) is 6.42 Å². The highest BCUT2D eigenvalue weighted by molar-refractivity contribution is 5.76. The Morgan fingerprint density at radius 3 is 2.38 bits per heavy atom. The first kappa shape index (κ1) is 11.9. The average molecular weight is 186 g/mol. The molecule has 0 atom stereocenters. The van der Waals surface area contributed by atoms with E-state index in [-0.39, 0.29) is 11.8 Å². The summed E-state index contributed by atoms with van der Waals surface area (Å²) in [7, 11) is 1.75. The molecule has 0 radical (unpaired) electrons. The molecule has 0 aromatic carbocycles. The summed E-state index contributed by atoms with van der Waals surface area (Å²) in [6.45, 7) is 2.58. The van der Waals surface area contributed by atoms with E-state index in [2.05, 4.69) is 0 Å². The predicted molar refractivity (Wildman–Crippen MR) is 51.0 cm³/mol. The van der Waals surface area contributed by atoms with E-state index in [1.54, 1.807) is 11.9 Å². The van der Waals surface area contributed by atoms with Crippen LogP contribution in [0, 0.1) is 0 Å². The number of rotatable bonds is 6. The lowest BCUT2D eigenvalue weighted by Crippen LogP contribution is -2.28. The van der Waals surface area contributed by atoms with Crippen LogP contribution in [0.5, 0.6) is 0 Å². The molecule has 4 heteroatoms. The summed E-state index contributed by atoms with van der Waals surface area (Å²) in [6, 6.07) is 0. The standard InChI is InChI=1S/C9H18N2O2/c1-3-5-9(13)11(2)7-4-6-8(10)12/h3-7H2,1-2H3,(H2,10,12). The maximum atomic E-state index is 11.2. The molecule has 0 aliphatic heterocycles. The highest BCUT2D eigenvalue weighted by Gasteiger charge is 2.06. The van der Waals surface area contributed by atoms with Crippen molar-refractivity contribution in [1.82, 2.24) is 4.90 Å². The Balaban J connectivity index is 3.55. The van der Waals surface area contributed by atoms with Crippen molar-refractivity contribution in [3.63, 3.8) is 0 Å². The van der Waals surface area contributed by atoms with Gasteiger partial charge in [0.1, 0.15) is 0 Å². The Hall–Kier alpha value is -1.06. The van der Waals surface area contributed by atoms with Gasteiger partial charge in [-0.25, -0.2) is 0 Å². The summed E-state index contributed by atoms with van der Waals surface area (Å²) in [5.41, 5.74) is 4.97. The molecule has 0 aromatic rings. The second kappa shape index (κ2) is 6.46. The average Bonchev–Trinajstić information content (AvgIpc) is 2.04. The molecule has 2 N–H and O–H groups in total. The maximum absolute atomic E-state index is 11.2. The molecule has 0 rings (SSSR count). The zero-order valence-electron chi connectivity index (χ0n) is 8.38. The molecule has 0 saturated heterocycles. The Labute approximate surface area is 79.1 Å². The van der Waals surface area contributed by atoms with Gasteiger partial charge in [-0.2, -0.15) is 0 Å². The van der Waals surface area contributed by atoms with E-state index in [4.69, 9.17) is 5.73 Å². The largest absolute Gasteiger partial charge is 0.370 e. The third-order valence-electron chi connectivity index (χ3n) is 1.81. The lowest BCUT2D eigenvalue weighted by Gasteiger charge is -2.15. The lowest BCUT2D eigenvalue weighted by molar-refractivity contribution is -0.130. The first-order valence-electron chi connectivity index (χ1n) is 4.60. The van der Waals surface area contributed by atoms with Gasteiger partial charge in [0.05, 0.1) is 0 Å². The van der Waals surface area contributed by atoms with E-state index < -0.39 is 0 Å². The lowest BCUT2D eigenvalue weighted by atomic mass is 10.2. The minimum Gasteiger partial charge on any atom is -0.370 e. The third-order valence-corrected chi connectivity index (χ3v) is 1.81. The third kappa shape index (κ3) is 6.13. The van der Waals surface area contributed by atoms with E-state index in [1.165, 1.54) is 0 Å². The molecule has 0 bridgehead atoms. The van der Waals surface area contributed by atoms with Crippen LogP contribution in [0.25, 0.3) is 0 Å². The van der Waals surface area contributed by atoms with E-state index in [0.29, 0.717) is 25.8 Å². The van der Waals surface area contributed by atoms with Crippen molar-refractivity contribution in [3.05, 3.63) is 0 Å². The number of primary amides is 1. The minimum absolute atomic E-state index is 0.131. The summed E-state index contributed by atoms with van der Waals surface area (Å²) in [4.78, 5) is 23.3. The van der Waals surface area contributed by atoms with Gasteiger partial charge in [-0.1, -0.05) is 6.92 Å². The van der Waals surface area contributed by atoms with Crippen LogP contribution in [0.4, 0.5) is 0 Å². The highest BCUT2D eigenvalue weighted by atomic mass is 16.2. The second-order valence-corrected chi connectivity index (χ2v) is 3.14. The van der Waals surface area contributed by atoms with E-state index in [9.17, 15) is 9.59 Å². The SMILES string of the molecule is CCCC(=O)N(C)CCCC(N)=O. The fraction of sp³-hybridized carbons (Fsp3) is 0.778. The Bertz CT molecular complexity index is 180. The zero-order chi connectivity index (χ0) is 10.3. The number of carbonyl (C=O) groups is 2. The molecule has 76 valence electrons. The summed E-state index contributed by atoms with van der Waals surface area (Å²) in [5.74, 6) is -0.177. The van der Waals surface area contributed by atoms with Crippen LogP contribution in [0.15, 0.2) is 0 Å². The fourth-order valence-electron chi connectivity index (χ4n) is 1.02. The molecule has 0 saturated carbocycles. The molecule has 0 heterocycles. The number of carbonyl (C=O) groups excluding carboxylic acids is 2. The molecular formula is C9H18N2O2. The maximum Gasteiger partial charge on any atom is 0.222 e. The molecule has 4 nitrogen and oxygen atoms in total. The van der Waals surface area contributed by atoms with Gasteiger partial charge in [0, 0.05) is 26.4 Å². The molecular weight excluding hydrogens is 168 g/mol. The summed E-state index contributed by atoms with van der Waals surface area (Å²) in [5, 5.41) is 0. The van der Waals surface area contributed by atoms with Crippen LogP contribution >= 0.6 is 0 Å². The van der Waals surface area contributed by atoms with Gasteiger partial charge < -0.3 is 10.6 Å². The molecule has 0 unspecified atom stereocenters. The van der Waals surface area contributed by atoms with Gasteiger partial charge in [-0.3, -0.25) is 9.59 Å². The number of hydrogen-bond donors (Lipinski definition) is 1. The first-order valence-corrected chi connectivity index (χ1v) is 4.60. The van der Waals surface area contributed by atoms with E-state index in [1.807, 2.05) is 6.92 Å². The van der Waals surface area contributed by atoms with Crippen molar-refractivity contribution in [1.29, 1.82) is 0 Å². The summed E-state index contributed by atoms with van der Waals surface area (Å²) < 4.78 is 0. The van der Waals surface area contributed by atoms with Crippen molar-refractivity contribution >= 4 is 11.8 Å². The quantitative estimate of drug-likeness (QED) is 0.657. The summed E-state index contributed by atoms with van der Waals surface area (Å²) in [6.07, 6.45) is 2.44. The van der Waals surface area contributed by atoms with Crippen LogP contribution in [-0.4, -0.2) is 30.3 Å². The van der Waals surface area contributed by atoms with Crippen LogP contribution in [0.1, 0.15) is 32.6 Å². The second-order valence-electron chi connectivity index (χ2n) is 3.14. The van der Waals surface area contributed by atoms with Gasteiger partial charge in [-0.05, 0) is 12.8 Å². The zero-order valence-corrected chi connectivity index (χ0v) is 8.38. The molecule has 13 heavy (non-hydrogen) atoms. The molecule has 0 aliphatic carbocycles. The van der Waals surface area contributed by atoms with Crippen molar-refractivity contribution in [3.8, 4) is 0 Å². The van der Waals surface area contributed by atoms with Crippen molar-refractivity contribution in [2.75, 3.05) is 13.6 Å². The van der Waals surface area contributed by atoms with Gasteiger partial charge in [0.25, 0.3) is 0 Å². The summed E-state index contributed by atoms with van der Waals surface area (Å²) >= 11 is 0. The number of amides is 2. The molecule has 0 aliphatic rings. The Morgan fingerprint density at radius 2 is 1.92 bits per heavy atom. The van der Waals surface area contributed by atoms with Crippen molar-refractivity contribution < 1.29 is 9.59 Å². The van der Waals surface area contributed by atoms with Crippen molar-refractivity contribution in [2.24, 2.45) is 5.73 Å². The highest BCUT2D eigenvalue weighted by Crippen LogP contribution is 1.97. The van der Waals surface area contributed by atoms with Gasteiger partial charge in [-0.15, -0.1) is 0 Å². The first-order chi connectivity index (χ1) is 6.07. The van der Waals surface area contributed by atoms with Crippen molar-refractivity contribution in [2.45, 2.75) is 32.6 Å². The van der Waals surface area contributed by atoms with Gasteiger partial charge in [0.15, 0.2) is 0 Å². The normalized spacial score (nSPS) is 9.69. The molecule has 2 amide bonds. The number of nitrogens with zero attached hydrogens (tertiary/aromatic N) is 1. The molecule has 0 fully saturated rings. The Kier molecular flexibility index (Phi) is 5.93. The van der Waals surface area contributed by atoms with Crippen LogP contribution in [0.3, 0.4) is 0 Å². The number of nitrogens with two attached hydrogens (primary N) is 1. The topological polar surface area (TPSA) is 63.4 Å². The van der Waals surface area contributed by atoms with E-state index >= 15 is 0 Å². The van der Waals surface area contributed by atoms with Crippen LogP contribution < -0.4 is 5.73 Å². The van der Waals surface area contributed by atoms with Gasteiger partial charge in [0.2, 0.25) is 11.8 Å². The molecule has 0 spiro atoms. The minimum atomic E-state index is -0.309. The fourth-order valence-corrected chi connectivity index (χ4v) is 1.02. The smallest absolute Gasteiger partial charge is 0.222 e. The van der Waals surface area contributed by atoms with Crippen LogP contribution in [0.2, 0.25) is 0 Å². The number of hydrogen-bond acceptors (Lipinski definition) is 2. The molecule has 0 aromatic heterocycles.